The van der Waals surface area contributed by atoms with E-state index in [0.717, 1.165) is 13.0 Å². The first kappa shape index (κ1) is 13.8. The lowest BCUT2D eigenvalue weighted by atomic mass is 9.79. The summed E-state index contributed by atoms with van der Waals surface area (Å²) in [5, 5.41) is 7.32. The van der Waals surface area contributed by atoms with Crippen molar-refractivity contribution in [3.05, 3.63) is 0 Å². The maximum absolute atomic E-state index is 11.6. The van der Waals surface area contributed by atoms with Crippen LogP contribution in [0.25, 0.3) is 0 Å². The van der Waals surface area contributed by atoms with Crippen molar-refractivity contribution >= 4 is 9.84 Å². The topological polar surface area (TPSA) is 58.2 Å². The highest BCUT2D eigenvalue weighted by atomic mass is 32.2. The summed E-state index contributed by atoms with van der Waals surface area (Å²) in [4.78, 5) is 0. The minimum atomic E-state index is -2.76. The summed E-state index contributed by atoms with van der Waals surface area (Å²) >= 11 is 0. The Morgan fingerprint density at radius 3 is 2.53 bits per heavy atom. The van der Waals surface area contributed by atoms with Gasteiger partial charge in [0, 0.05) is 18.1 Å². The zero-order valence-electron chi connectivity index (χ0n) is 11.6. The molecule has 0 radical (unpaired) electrons. The standard InChI is InChI=1S/C14H26N2O2S/c17-19(18)9-7-11(10-19)16-14-5-2-1-4-12(14)13-6-3-8-15-13/h11-16H,1-10H2. The molecule has 1 saturated carbocycles. The summed E-state index contributed by atoms with van der Waals surface area (Å²) in [5.74, 6) is 1.44. The SMILES string of the molecule is O=S1(=O)CCC(NC2CCCCC2C2CCCN2)C1. The molecule has 3 rings (SSSR count). The van der Waals surface area contributed by atoms with Crippen LogP contribution in [0.2, 0.25) is 0 Å². The van der Waals surface area contributed by atoms with Crippen molar-refractivity contribution in [3.63, 3.8) is 0 Å². The van der Waals surface area contributed by atoms with Crippen LogP contribution in [0.4, 0.5) is 0 Å². The highest BCUT2D eigenvalue weighted by molar-refractivity contribution is 7.91. The van der Waals surface area contributed by atoms with Crippen LogP contribution in [-0.4, -0.2) is 44.6 Å². The lowest BCUT2D eigenvalue weighted by Crippen LogP contribution is -2.50. The van der Waals surface area contributed by atoms with Gasteiger partial charge in [0.2, 0.25) is 0 Å². The quantitative estimate of drug-likeness (QED) is 0.815. The summed E-state index contributed by atoms with van der Waals surface area (Å²) in [7, 11) is -2.76. The van der Waals surface area contributed by atoms with Gasteiger partial charge in [-0.05, 0) is 44.6 Å². The van der Waals surface area contributed by atoms with E-state index < -0.39 is 9.84 Å². The molecular weight excluding hydrogens is 260 g/mol. The van der Waals surface area contributed by atoms with Crippen molar-refractivity contribution in [1.82, 2.24) is 10.6 Å². The number of hydrogen-bond donors (Lipinski definition) is 2. The van der Waals surface area contributed by atoms with Crippen LogP contribution < -0.4 is 10.6 Å². The van der Waals surface area contributed by atoms with Crippen LogP contribution >= 0.6 is 0 Å². The van der Waals surface area contributed by atoms with Crippen molar-refractivity contribution in [3.8, 4) is 0 Å². The Bertz CT molecular complexity index is 404. The molecule has 0 amide bonds. The number of rotatable bonds is 3. The molecule has 1 aliphatic carbocycles. The molecular formula is C14H26N2O2S. The maximum atomic E-state index is 11.6. The largest absolute Gasteiger partial charge is 0.314 e. The van der Waals surface area contributed by atoms with E-state index in [0.29, 0.717) is 29.5 Å². The predicted molar refractivity (Wildman–Crippen MR) is 77.0 cm³/mol. The average Bonchev–Trinajstić information content (AvgIpc) is 3.00. The highest BCUT2D eigenvalue weighted by Crippen LogP contribution is 2.31. The summed E-state index contributed by atoms with van der Waals surface area (Å²) in [5.41, 5.74) is 0. The van der Waals surface area contributed by atoms with E-state index in [1.165, 1.54) is 38.5 Å². The minimum Gasteiger partial charge on any atom is -0.314 e. The first-order valence-corrected chi connectivity index (χ1v) is 9.66. The second-order valence-corrected chi connectivity index (χ2v) is 8.75. The number of hydrogen-bond acceptors (Lipinski definition) is 4. The fourth-order valence-electron chi connectivity index (χ4n) is 4.15. The van der Waals surface area contributed by atoms with Gasteiger partial charge >= 0.3 is 0 Å². The van der Waals surface area contributed by atoms with Crippen molar-refractivity contribution in [2.24, 2.45) is 5.92 Å². The number of sulfone groups is 1. The van der Waals surface area contributed by atoms with Gasteiger partial charge in [0.25, 0.3) is 0 Å². The van der Waals surface area contributed by atoms with E-state index in [-0.39, 0.29) is 6.04 Å². The van der Waals surface area contributed by atoms with E-state index >= 15 is 0 Å². The molecule has 0 aromatic rings. The fourth-order valence-corrected chi connectivity index (χ4v) is 5.84. The van der Waals surface area contributed by atoms with Gasteiger partial charge in [0.15, 0.2) is 9.84 Å². The predicted octanol–water partition coefficient (Wildman–Crippen LogP) is 1.07. The Morgan fingerprint density at radius 1 is 1.00 bits per heavy atom. The third kappa shape index (κ3) is 3.31. The molecule has 5 heteroatoms. The lowest BCUT2D eigenvalue weighted by molar-refractivity contribution is 0.204. The van der Waals surface area contributed by atoms with Crippen LogP contribution in [0.1, 0.15) is 44.9 Å². The van der Waals surface area contributed by atoms with Crippen molar-refractivity contribution < 1.29 is 8.42 Å². The second-order valence-electron chi connectivity index (χ2n) is 6.52. The molecule has 2 saturated heterocycles. The zero-order chi connectivity index (χ0) is 13.3. The second kappa shape index (κ2) is 5.70. The van der Waals surface area contributed by atoms with Gasteiger partial charge in [-0.15, -0.1) is 0 Å². The summed E-state index contributed by atoms with van der Waals surface area (Å²) in [6.45, 7) is 1.16. The molecule has 2 aliphatic heterocycles. The molecule has 0 aromatic heterocycles. The summed E-state index contributed by atoms with van der Waals surface area (Å²) in [6, 6.07) is 1.40. The molecule has 0 aromatic carbocycles. The van der Waals surface area contributed by atoms with Gasteiger partial charge in [-0.25, -0.2) is 8.42 Å². The molecule has 3 fully saturated rings. The van der Waals surface area contributed by atoms with E-state index in [1.54, 1.807) is 0 Å². The van der Waals surface area contributed by atoms with E-state index in [4.69, 9.17) is 0 Å². The fraction of sp³-hybridized carbons (Fsp3) is 1.00. The van der Waals surface area contributed by atoms with Crippen molar-refractivity contribution in [2.45, 2.75) is 63.1 Å². The number of nitrogens with one attached hydrogen (secondary N) is 2. The van der Waals surface area contributed by atoms with Gasteiger partial charge in [0.1, 0.15) is 0 Å². The molecule has 2 heterocycles. The van der Waals surface area contributed by atoms with Crippen LogP contribution in [-0.2, 0) is 9.84 Å². The van der Waals surface area contributed by atoms with Crippen LogP contribution in [0, 0.1) is 5.92 Å². The van der Waals surface area contributed by atoms with E-state index in [1.807, 2.05) is 0 Å². The Labute approximate surface area is 116 Å². The first-order chi connectivity index (χ1) is 9.14. The monoisotopic (exact) mass is 286 g/mol. The van der Waals surface area contributed by atoms with Crippen molar-refractivity contribution in [1.29, 1.82) is 0 Å². The molecule has 4 atom stereocenters. The molecule has 0 bridgehead atoms. The Balaban J connectivity index is 1.61. The molecule has 110 valence electrons. The Kier molecular flexibility index (Phi) is 4.15. The van der Waals surface area contributed by atoms with E-state index in [2.05, 4.69) is 10.6 Å². The van der Waals surface area contributed by atoms with Crippen LogP contribution in [0.15, 0.2) is 0 Å². The molecule has 3 aliphatic rings. The third-order valence-electron chi connectivity index (χ3n) is 5.12. The molecule has 19 heavy (non-hydrogen) atoms. The van der Waals surface area contributed by atoms with Gasteiger partial charge < -0.3 is 10.6 Å². The molecule has 4 nitrogen and oxygen atoms in total. The van der Waals surface area contributed by atoms with Gasteiger partial charge in [-0.2, -0.15) is 0 Å². The van der Waals surface area contributed by atoms with Gasteiger partial charge in [-0.1, -0.05) is 12.8 Å². The van der Waals surface area contributed by atoms with Gasteiger partial charge in [-0.3, -0.25) is 0 Å². The van der Waals surface area contributed by atoms with Crippen LogP contribution in [0.3, 0.4) is 0 Å². The third-order valence-corrected chi connectivity index (χ3v) is 6.88. The van der Waals surface area contributed by atoms with Gasteiger partial charge in [0.05, 0.1) is 11.5 Å². The van der Waals surface area contributed by atoms with Crippen LogP contribution in [0.5, 0.6) is 0 Å². The lowest BCUT2D eigenvalue weighted by Gasteiger charge is -2.37. The maximum Gasteiger partial charge on any atom is 0.151 e. The summed E-state index contributed by atoms with van der Waals surface area (Å²) in [6.07, 6.45) is 8.56. The van der Waals surface area contributed by atoms with Crippen molar-refractivity contribution in [2.75, 3.05) is 18.1 Å². The van der Waals surface area contributed by atoms with E-state index in [9.17, 15) is 8.42 Å². The molecule has 2 N–H and O–H groups in total. The molecule has 4 unspecified atom stereocenters. The summed E-state index contributed by atoms with van der Waals surface area (Å²) < 4.78 is 23.1. The smallest absolute Gasteiger partial charge is 0.151 e. The first-order valence-electron chi connectivity index (χ1n) is 7.84. The average molecular weight is 286 g/mol. The highest BCUT2D eigenvalue weighted by Gasteiger charge is 2.36. The normalized spacial score (nSPS) is 42.5. The zero-order valence-corrected chi connectivity index (χ0v) is 12.4. The minimum absolute atomic E-state index is 0.206. The molecule has 0 spiro atoms. The Morgan fingerprint density at radius 2 is 1.84 bits per heavy atom. The Hall–Kier alpha value is -0.130.